The van der Waals surface area contributed by atoms with E-state index in [4.69, 9.17) is 0 Å². The van der Waals surface area contributed by atoms with Crippen molar-refractivity contribution in [1.29, 1.82) is 0 Å². The van der Waals surface area contributed by atoms with Crippen molar-refractivity contribution in [2.75, 3.05) is 36.0 Å². The highest BCUT2D eigenvalue weighted by Gasteiger charge is 2.44. The first kappa shape index (κ1) is 20.3. The van der Waals surface area contributed by atoms with Crippen molar-refractivity contribution in [2.45, 2.75) is 18.6 Å². The molecular weight excluding hydrogens is 402 g/mol. The third-order valence-electron chi connectivity index (χ3n) is 5.50. The van der Waals surface area contributed by atoms with Crippen LogP contribution in [-0.4, -0.2) is 48.9 Å². The van der Waals surface area contributed by atoms with Crippen LogP contribution in [0.1, 0.15) is 12.0 Å². The van der Waals surface area contributed by atoms with E-state index in [1.807, 2.05) is 9.80 Å². The Morgan fingerprint density at radius 2 is 1.60 bits per heavy atom. The number of imide groups is 1. The molecule has 0 saturated carbocycles. The van der Waals surface area contributed by atoms with Gasteiger partial charge in [0, 0.05) is 26.2 Å². The number of para-hydroxylation sites is 1. The summed E-state index contributed by atoms with van der Waals surface area (Å²) in [5.74, 6) is -1.38. The van der Waals surface area contributed by atoms with Gasteiger partial charge in [-0.25, -0.2) is 9.29 Å². The second-order valence-electron chi connectivity index (χ2n) is 7.31. The maximum atomic E-state index is 14.0. The van der Waals surface area contributed by atoms with Gasteiger partial charge in [-0.05, 0) is 30.3 Å². The van der Waals surface area contributed by atoms with E-state index in [2.05, 4.69) is 0 Å². The minimum absolute atomic E-state index is 0.0766. The molecule has 0 radical (unpaired) electrons. The number of halogens is 4. The van der Waals surface area contributed by atoms with E-state index in [9.17, 15) is 27.2 Å². The van der Waals surface area contributed by atoms with Crippen LogP contribution in [0.3, 0.4) is 0 Å². The summed E-state index contributed by atoms with van der Waals surface area (Å²) in [7, 11) is 0. The average Bonchev–Trinajstić information content (AvgIpc) is 3.02. The number of anilines is 2. The molecule has 2 amide bonds. The molecule has 1 atom stereocenters. The highest BCUT2D eigenvalue weighted by Crippen LogP contribution is 2.34. The van der Waals surface area contributed by atoms with Crippen LogP contribution in [0.25, 0.3) is 0 Å². The van der Waals surface area contributed by atoms with E-state index >= 15 is 0 Å². The van der Waals surface area contributed by atoms with Crippen LogP contribution in [0.15, 0.2) is 48.5 Å². The molecule has 0 aliphatic carbocycles. The van der Waals surface area contributed by atoms with Crippen molar-refractivity contribution in [3.63, 3.8) is 0 Å². The molecule has 30 heavy (non-hydrogen) atoms. The number of carbonyl (C=O) groups is 2. The van der Waals surface area contributed by atoms with Gasteiger partial charge in [0.1, 0.15) is 5.82 Å². The SMILES string of the molecule is O=C1C[C@H](N2CCN(c3ccccc3F)CC2)C(=O)N1c1cccc(C(F)(F)F)c1. The number of nitrogens with zero attached hydrogens (tertiary/aromatic N) is 3. The lowest BCUT2D eigenvalue weighted by Gasteiger charge is -2.38. The topological polar surface area (TPSA) is 43.9 Å². The molecule has 9 heteroatoms. The Hall–Kier alpha value is -2.94. The molecular formula is C21H19F4N3O2. The van der Waals surface area contributed by atoms with Crippen molar-refractivity contribution in [2.24, 2.45) is 0 Å². The van der Waals surface area contributed by atoms with Crippen molar-refractivity contribution in [3.05, 3.63) is 59.9 Å². The highest BCUT2D eigenvalue weighted by molar-refractivity contribution is 6.22. The van der Waals surface area contributed by atoms with Crippen LogP contribution in [0, 0.1) is 5.82 Å². The quantitative estimate of drug-likeness (QED) is 0.564. The summed E-state index contributed by atoms with van der Waals surface area (Å²) in [4.78, 5) is 29.9. The molecule has 2 heterocycles. The van der Waals surface area contributed by atoms with Crippen molar-refractivity contribution in [1.82, 2.24) is 4.90 Å². The summed E-state index contributed by atoms with van der Waals surface area (Å²) < 4.78 is 53.0. The number of rotatable bonds is 3. The van der Waals surface area contributed by atoms with Crippen molar-refractivity contribution < 1.29 is 27.2 Å². The predicted octanol–water partition coefficient (Wildman–Crippen LogP) is 3.30. The summed E-state index contributed by atoms with van der Waals surface area (Å²) in [6.45, 7) is 1.83. The molecule has 0 N–H and O–H groups in total. The molecule has 158 valence electrons. The Bertz CT molecular complexity index is 971. The van der Waals surface area contributed by atoms with E-state index in [0.29, 0.717) is 31.9 Å². The fourth-order valence-electron chi connectivity index (χ4n) is 3.98. The number of piperazine rings is 1. The molecule has 2 aliphatic rings. The second-order valence-corrected chi connectivity index (χ2v) is 7.31. The molecule has 2 fully saturated rings. The molecule has 0 unspecified atom stereocenters. The monoisotopic (exact) mass is 421 g/mol. The summed E-state index contributed by atoms with van der Waals surface area (Å²) in [6, 6.07) is 9.91. The number of hydrogen-bond acceptors (Lipinski definition) is 4. The van der Waals surface area contributed by atoms with Gasteiger partial charge in [0.25, 0.3) is 5.91 Å². The first-order valence-electron chi connectivity index (χ1n) is 9.53. The van der Waals surface area contributed by atoms with Gasteiger partial charge >= 0.3 is 6.18 Å². The van der Waals surface area contributed by atoms with Gasteiger partial charge in [-0.2, -0.15) is 13.2 Å². The zero-order chi connectivity index (χ0) is 21.5. The second kappa shape index (κ2) is 7.71. The molecule has 2 aliphatic heterocycles. The van der Waals surface area contributed by atoms with Crippen LogP contribution in [-0.2, 0) is 15.8 Å². The van der Waals surface area contributed by atoms with E-state index in [-0.39, 0.29) is 17.9 Å². The largest absolute Gasteiger partial charge is 0.416 e. The normalized spacial score (nSPS) is 20.9. The van der Waals surface area contributed by atoms with Gasteiger partial charge in [-0.3, -0.25) is 14.5 Å². The van der Waals surface area contributed by atoms with Crippen LogP contribution in [0.4, 0.5) is 28.9 Å². The van der Waals surface area contributed by atoms with Gasteiger partial charge in [0.15, 0.2) is 0 Å². The summed E-state index contributed by atoms with van der Waals surface area (Å²) in [5, 5.41) is 0. The summed E-state index contributed by atoms with van der Waals surface area (Å²) in [6.07, 6.45) is -4.65. The fourth-order valence-corrected chi connectivity index (χ4v) is 3.98. The van der Waals surface area contributed by atoms with E-state index in [0.717, 1.165) is 17.0 Å². The Labute approximate surface area is 170 Å². The minimum Gasteiger partial charge on any atom is -0.367 e. The van der Waals surface area contributed by atoms with Crippen LogP contribution in [0.5, 0.6) is 0 Å². The molecule has 0 spiro atoms. The number of carbonyl (C=O) groups excluding carboxylic acids is 2. The van der Waals surface area contributed by atoms with Crippen LogP contribution in [0.2, 0.25) is 0 Å². The smallest absolute Gasteiger partial charge is 0.367 e. The molecule has 2 aromatic carbocycles. The Morgan fingerprint density at radius 3 is 2.27 bits per heavy atom. The molecule has 2 aromatic rings. The standard InChI is InChI=1S/C21H19F4N3O2/c22-16-6-1-2-7-17(16)26-8-10-27(11-9-26)18-13-19(29)28(20(18)30)15-5-3-4-14(12-15)21(23,24)25/h1-7,12,18H,8-11,13H2/t18-/m0/s1. The van der Waals surface area contributed by atoms with Crippen molar-refractivity contribution >= 4 is 23.2 Å². The third-order valence-corrected chi connectivity index (χ3v) is 5.50. The Balaban J connectivity index is 1.47. The van der Waals surface area contributed by atoms with Crippen LogP contribution < -0.4 is 9.80 Å². The van der Waals surface area contributed by atoms with Gasteiger partial charge in [-0.15, -0.1) is 0 Å². The minimum atomic E-state index is -4.57. The number of amides is 2. The molecule has 0 bridgehead atoms. The molecule has 0 aromatic heterocycles. The lowest BCUT2D eigenvalue weighted by Crippen LogP contribution is -2.52. The van der Waals surface area contributed by atoms with E-state index < -0.39 is 29.6 Å². The molecule has 2 saturated heterocycles. The molecule has 5 nitrogen and oxygen atoms in total. The van der Waals surface area contributed by atoms with Gasteiger partial charge in [0.2, 0.25) is 5.91 Å². The third kappa shape index (κ3) is 3.77. The number of alkyl halides is 3. The number of hydrogen-bond donors (Lipinski definition) is 0. The number of benzene rings is 2. The van der Waals surface area contributed by atoms with Gasteiger partial charge in [-0.1, -0.05) is 18.2 Å². The van der Waals surface area contributed by atoms with E-state index in [1.165, 1.54) is 18.2 Å². The Kier molecular flexibility index (Phi) is 5.23. The van der Waals surface area contributed by atoms with Gasteiger partial charge in [0.05, 0.1) is 29.4 Å². The average molecular weight is 421 g/mol. The zero-order valence-corrected chi connectivity index (χ0v) is 15.9. The summed E-state index contributed by atoms with van der Waals surface area (Å²) >= 11 is 0. The maximum Gasteiger partial charge on any atom is 0.416 e. The predicted molar refractivity (Wildman–Crippen MR) is 103 cm³/mol. The highest BCUT2D eigenvalue weighted by atomic mass is 19.4. The molecule has 4 rings (SSSR count). The zero-order valence-electron chi connectivity index (χ0n) is 15.9. The van der Waals surface area contributed by atoms with E-state index in [1.54, 1.807) is 18.2 Å². The Morgan fingerprint density at radius 1 is 0.900 bits per heavy atom. The summed E-state index contributed by atoms with van der Waals surface area (Å²) in [5.41, 5.74) is -0.508. The van der Waals surface area contributed by atoms with Gasteiger partial charge < -0.3 is 4.90 Å². The lowest BCUT2D eigenvalue weighted by molar-refractivity contribution is -0.137. The first-order chi connectivity index (χ1) is 14.3. The van der Waals surface area contributed by atoms with Crippen LogP contribution >= 0.6 is 0 Å². The fraction of sp³-hybridized carbons (Fsp3) is 0.333. The maximum absolute atomic E-state index is 14.0. The lowest BCUT2D eigenvalue weighted by atomic mass is 10.1. The first-order valence-corrected chi connectivity index (χ1v) is 9.53. The van der Waals surface area contributed by atoms with Crippen molar-refractivity contribution in [3.8, 4) is 0 Å².